The third kappa shape index (κ3) is 10.1. The highest BCUT2D eigenvalue weighted by atomic mass is 19.4. The Morgan fingerprint density at radius 2 is 1.41 bits per heavy atom. The van der Waals surface area contributed by atoms with Crippen LogP contribution in [-0.4, -0.2) is 48.4 Å². The number of hydrogen-bond acceptors (Lipinski definition) is 8. The van der Waals surface area contributed by atoms with E-state index in [9.17, 15) is 27.6 Å². The van der Waals surface area contributed by atoms with Gasteiger partial charge in [0.1, 0.15) is 11.4 Å². The Kier molecular flexibility index (Phi) is 13.5. The Balaban J connectivity index is 2.45. The summed E-state index contributed by atoms with van der Waals surface area (Å²) in [6.07, 6.45) is 1.24. The fourth-order valence-corrected chi connectivity index (χ4v) is 4.30. The maximum atomic E-state index is 14.0. The van der Waals surface area contributed by atoms with Crippen LogP contribution in [-0.2, 0) is 35.5 Å². The number of carbonyl (C=O) groups excluding carboxylic acids is 3. The number of esters is 2. The van der Waals surface area contributed by atoms with Crippen molar-refractivity contribution in [1.29, 1.82) is 0 Å². The molecule has 1 amide bonds. The van der Waals surface area contributed by atoms with Crippen LogP contribution in [0.25, 0.3) is 11.1 Å². The zero-order valence-corrected chi connectivity index (χ0v) is 26.3. The summed E-state index contributed by atoms with van der Waals surface area (Å²) in [5, 5.41) is 2.27. The number of pyridine rings is 1. The van der Waals surface area contributed by atoms with Crippen LogP contribution in [0.5, 0.6) is 5.75 Å². The van der Waals surface area contributed by atoms with Gasteiger partial charge in [-0.05, 0) is 64.8 Å². The third-order valence-electron chi connectivity index (χ3n) is 6.37. The fourth-order valence-electron chi connectivity index (χ4n) is 4.30. The minimum atomic E-state index is -4.68. The molecular weight excluding hydrogens is 581 g/mol. The van der Waals surface area contributed by atoms with Crippen molar-refractivity contribution in [1.82, 2.24) is 10.3 Å². The molecule has 1 aromatic carbocycles. The number of hydrogen-bond donors (Lipinski definition) is 1. The van der Waals surface area contributed by atoms with E-state index >= 15 is 0 Å². The summed E-state index contributed by atoms with van der Waals surface area (Å²) >= 11 is 0. The molecule has 1 heterocycles. The van der Waals surface area contributed by atoms with Gasteiger partial charge in [0.05, 0.1) is 31.1 Å². The highest BCUT2D eigenvalue weighted by molar-refractivity contribution is 6.07. The van der Waals surface area contributed by atoms with Crippen LogP contribution in [0, 0.1) is 0 Å². The summed E-state index contributed by atoms with van der Waals surface area (Å²) in [6.45, 7) is 9.80. The molecule has 244 valence electrons. The molecule has 0 spiro atoms. The molecule has 0 fully saturated rings. The largest absolute Gasteiger partial charge is 0.493 e. The smallest absolute Gasteiger partial charge is 0.419 e. The first-order valence-corrected chi connectivity index (χ1v) is 14.9. The van der Waals surface area contributed by atoms with Crippen LogP contribution in [0.4, 0.5) is 18.0 Å². The van der Waals surface area contributed by atoms with Gasteiger partial charge in [0.15, 0.2) is 0 Å². The monoisotopic (exact) mass is 624 g/mol. The molecule has 0 atom stereocenters. The van der Waals surface area contributed by atoms with Gasteiger partial charge in [0.25, 0.3) is 5.54 Å². The molecule has 0 saturated carbocycles. The van der Waals surface area contributed by atoms with Gasteiger partial charge in [0.2, 0.25) is 0 Å². The number of ether oxygens (including phenoxy) is 4. The Labute approximate surface area is 256 Å². The van der Waals surface area contributed by atoms with Gasteiger partial charge in [0, 0.05) is 11.8 Å². The van der Waals surface area contributed by atoms with Gasteiger partial charge in [-0.3, -0.25) is 10.3 Å². The quantitative estimate of drug-likeness (QED) is 0.0947. The van der Waals surface area contributed by atoms with Crippen LogP contribution >= 0.6 is 0 Å². The number of amides is 1. The van der Waals surface area contributed by atoms with Crippen molar-refractivity contribution in [3.05, 3.63) is 47.8 Å². The molecule has 1 N–H and O–H groups in total. The van der Waals surface area contributed by atoms with Crippen LogP contribution in [0.15, 0.2) is 36.5 Å². The maximum absolute atomic E-state index is 14.0. The number of unbranched alkanes of at least 4 members (excludes halogenated alkanes) is 5. The molecule has 2 aromatic rings. The first-order chi connectivity index (χ1) is 20.7. The lowest BCUT2D eigenvalue weighted by molar-refractivity contribution is -0.167. The van der Waals surface area contributed by atoms with Crippen LogP contribution < -0.4 is 10.1 Å². The molecule has 0 unspecified atom stereocenters. The van der Waals surface area contributed by atoms with Crippen molar-refractivity contribution in [3.8, 4) is 16.9 Å². The fraction of sp³-hybridized carbons (Fsp3) is 0.562. The summed E-state index contributed by atoms with van der Waals surface area (Å²) in [5.41, 5.74) is -4.32. The first-order valence-electron chi connectivity index (χ1n) is 14.9. The number of rotatable bonds is 15. The number of alkyl halides is 3. The maximum Gasteiger partial charge on any atom is 0.419 e. The van der Waals surface area contributed by atoms with Crippen molar-refractivity contribution in [3.63, 3.8) is 0 Å². The standard InChI is InChI=1S/C32H43F3N2O7/c1-7-10-11-12-13-14-19-43-25-17-15-22(20-24(25)32(33,34)35)23-16-18-26(36-21-23)31(27(38)41-8-2,28(39)42-9-3)37-29(40)44-30(4,5)6/h15-18,20-21H,7-14,19H2,1-6H3,(H,37,40). The van der Waals surface area contributed by atoms with E-state index in [4.69, 9.17) is 18.9 Å². The Hall–Kier alpha value is -3.83. The van der Waals surface area contributed by atoms with E-state index in [0.29, 0.717) is 6.42 Å². The second-order valence-corrected chi connectivity index (χ2v) is 11.1. The third-order valence-corrected chi connectivity index (χ3v) is 6.37. The van der Waals surface area contributed by atoms with Gasteiger partial charge in [-0.15, -0.1) is 0 Å². The Bertz CT molecular complexity index is 1220. The number of nitrogens with one attached hydrogen (secondary N) is 1. The average Bonchev–Trinajstić information content (AvgIpc) is 2.94. The zero-order chi connectivity index (χ0) is 33.0. The number of benzene rings is 1. The summed E-state index contributed by atoms with van der Waals surface area (Å²) < 4.78 is 63.0. The second-order valence-electron chi connectivity index (χ2n) is 11.1. The van der Waals surface area contributed by atoms with E-state index in [0.717, 1.165) is 38.2 Å². The number of carbonyl (C=O) groups is 3. The molecule has 0 radical (unpaired) electrons. The second kappa shape index (κ2) is 16.3. The highest BCUT2D eigenvalue weighted by Crippen LogP contribution is 2.39. The molecule has 44 heavy (non-hydrogen) atoms. The Morgan fingerprint density at radius 3 is 1.93 bits per heavy atom. The van der Waals surface area contributed by atoms with Crippen molar-refractivity contribution in [2.75, 3.05) is 19.8 Å². The highest BCUT2D eigenvalue weighted by Gasteiger charge is 2.54. The summed E-state index contributed by atoms with van der Waals surface area (Å²) in [4.78, 5) is 43.4. The lowest BCUT2D eigenvalue weighted by Gasteiger charge is -2.30. The van der Waals surface area contributed by atoms with E-state index in [-0.39, 0.29) is 42.4 Å². The lowest BCUT2D eigenvalue weighted by atomic mass is 9.93. The minimum Gasteiger partial charge on any atom is -0.493 e. The van der Waals surface area contributed by atoms with Gasteiger partial charge in [-0.25, -0.2) is 14.4 Å². The van der Waals surface area contributed by atoms with Crippen molar-refractivity contribution in [2.24, 2.45) is 0 Å². The predicted molar refractivity (Wildman–Crippen MR) is 158 cm³/mol. The molecule has 0 aliphatic rings. The first kappa shape index (κ1) is 36.4. The Morgan fingerprint density at radius 1 is 0.818 bits per heavy atom. The molecule has 2 rings (SSSR count). The van der Waals surface area contributed by atoms with Gasteiger partial charge >= 0.3 is 24.2 Å². The number of alkyl carbamates (subject to hydrolysis) is 1. The summed E-state index contributed by atoms with van der Waals surface area (Å²) in [6, 6.07) is 6.28. The molecule has 9 nitrogen and oxygen atoms in total. The van der Waals surface area contributed by atoms with Gasteiger partial charge in [-0.2, -0.15) is 13.2 Å². The van der Waals surface area contributed by atoms with Crippen molar-refractivity contribution in [2.45, 2.75) is 97.4 Å². The molecule has 0 saturated heterocycles. The van der Waals surface area contributed by atoms with E-state index in [1.54, 1.807) is 20.8 Å². The SMILES string of the molecule is CCCCCCCCOc1ccc(-c2ccc(C(NC(=O)OC(C)(C)C)(C(=O)OCC)C(=O)OCC)nc2)cc1C(F)(F)F. The van der Waals surface area contributed by atoms with E-state index in [1.165, 1.54) is 44.3 Å². The minimum absolute atomic E-state index is 0.137. The molecular formula is C32H43F3N2O7. The van der Waals surface area contributed by atoms with Crippen molar-refractivity contribution >= 4 is 18.0 Å². The molecule has 0 bridgehead atoms. The molecule has 1 aromatic heterocycles. The van der Waals surface area contributed by atoms with Crippen LogP contribution in [0.1, 0.15) is 91.3 Å². The molecule has 0 aliphatic carbocycles. The van der Waals surface area contributed by atoms with Gasteiger partial charge < -0.3 is 18.9 Å². The topological polar surface area (TPSA) is 113 Å². The van der Waals surface area contributed by atoms with E-state index < -0.39 is 40.9 Å². The van der Waals surface area contributed by atoms with E-state index in [2.05, 4.69) is 17.2 Å². The number of nitrogens with zero attached hydrogens (tertiary/aromatic N) is 1. The molecule has 0 aliphatic heterocycles. The number of halogens is 3. The zero-order valence-electron chi connectivity index (χ0n) is 26.3. The van der Waals surface area contributed by atoms with Crippen molar-refractivity contribution < 1.29 is 46.5 Å². The normalized spacial score (nSPS) is 11.9. The van der Waals surface area contributed by atoms with E-state index in [1.807, 2.05) is 0 Å². The summed E-state index contributed by atoms with van der Waals surface area (Å²) in [5.74, 6) is -2.61. The average molecular weight is 625 g/mol. The van der Waals surface area contributed by atoms with Crippen LogP contribution in [0.3, 0.4) is 0 Å². The number of aromatic nitrogens is 1. The lowest BCUT2D eigenvalue weighted by Crippen LogP contribution is -2.60. The predicted octanol–water partition coefficient (Wildman–Crippen LogP) is 7.35. The van der Waals surface area contributed by atoms with Gasteiger partial charge in [-0.1, -0.05) is 51.2 Å². The molecule has 12 heteroatoms. The van der Waals surface area contributed by atoms with Crippen LogP contribution in [0.2, 0.25) is 0 Å². The summed E-state index contributed by atoms with van der Waals surface area (Å²) in [7, 11) is 0.